The van der Waals surface area contributed by atoms with Gasteiger partial charge in [-0.25, -0.2) is 0 Å². The van der Waals surface area contributed by atoms with Crippen LogP contribution in [0.4, 0.5) is 0 Å². The van der Waals surface area contributed by atoms with E-state index in [-0.39, 0.29) is 28.4 Å². The first-order chi connectivity index (χ1) is 13.4. The molecule has 0 saturated carbocycles. The summed E-state index contributed by atoms with van der Waals surface area (Å²) in [7, 11) is 0. The summed E-state index contributed by atoms with van der Waals surface area (Å²) >= 11 is 0. The van der Waals surface area contributed by atoms with Crippen LogP contribution in [-0.2, 0) is 0 Å². The van der Waals surface area contributed by atoms with Gasteiger partial charge >= 0.3 is 0 Å². The molecular formula is C23H22N2O3. The number of rotatable bonds is 3. The summed E-state index contributed by atoms with van der Waals surface area (Å²) in [6.45, 7) is 4.46. The summed E-state index contributed by atoms with van der Waals surface area (Å²) in [6, 6.07) is 14.5. The fourth-order valence-electron chi connectivity index (χ4n) is 3.80. The number of pyridine rings is 1. The van der Waals surface area contributed by atoms with Crippen molar-refractivity contribution in [2.45, 2.75) is 19.8 Å². The summed E-state index contributed by atoms with van der Waals surface area (Å²) in [5, 5.41) is 22.6. The fourth-order valence-corrected chi connectivity index (χ4v) is 3.80. The van der Waals surface area contributed by atoms with Crippen molar-refractivity contribution in [1.82, 2.24) is 4.98 Å². The lowest BCUT2D eigenvalue weighted by molar-refractivity contribution is 0.477. The Labute approximate surface area is 162 Å². The Morgan fingerprint density at radius 1 is 1.04 bits per heavy atom. The Morgan fingerprint density at radius 2 is 1.75 bits per heavy atom. The average molecular weight is 374 g/mol. The van der Waals surface area contributed by atoms with E-state index in [1.807, 2.05) is 31.2 Å². The van der Waals surface area contributed by atoms with Gasteiger partial charge in [0.2, 0.25) is 0 Å². The molecule has 0 bridgehead atoms. The maximum absolute atomic E-state index is 12.6. The number of aromatic nitrogens is 1. The molecule has 4 rings (SSSR count). The highest BCUT2D eigenvalue weighted by Crippen LogP contribution is 2.41. The first-order valence-corrected chi connectivity index (χ1v) is 9.23. The SMILES string of the molecule is Cc1cc(O)c(-c2ccc(C(C)CN)cc2)c2c1[nH]c(=O)c1c(O)cccc12. The van der Waals surface area contributed by atoms with Crippen molar-refractivity contribution in [3.8, 4) is 22.6 Å². The number of benzene rings is 3. The van der Waals surface area contributed by atoms with Crippen LogP contribution in [0, 0.1) is 6.92 Å². The molecule has 5 heteroatoms. The van der Waals surface area contributed by atoms with Crippen molar-refractivity contribution in [3.63, 3.8) is 0 Å². The minimum atomic E-state index is -0.354. The summed E-state index contributed by atoms with van der Waals surface area (Å²) in [6.07, 6.45) is 0. The number of fused-ring (bicyclic) bond motifs is 3. The van der Waals surface area contributed by atoms with Gasteiger partial charge in [0.1, 0.15) is 11.5 Å². The van der Waals surface area contributed by atoms with Crippen LogP contribution in [-0.4, -0.2) is 21.7 Å². The number of aromatic amines is 1. The topological polar surface area (TPSA) is 99.3 Å². The number of nitrogens with one attached hydrogen (secondary N) is 1. The minimum Gasteiger partial charge on any atom is -0.507 e. The molecule has 142 valence electrons. The van der Waals surface area contributed by atoms with Gasteiger partial charge in [0.25, 0.3) is 5.56 Å². The monoisotopic (exact) mass is 374 g/mol. The highest BCUT2D eigenvalue weighted by atomic mass is 16.3. The predicted molar refractivity (Wildman–Crippen MR) is 113 cm³/mol. The van der Waals surface area contributed by atoms with Crippen LogP contribution in [0.25, 0.3) is 32.8 Å². The normalized spacial score (nSPS) is 12.5. The standard InChI is InChI=1S/C23H22N2O3/c1-12-10-18(27)19(15-8-6-14(7-9-15)13(2)11-24)21-16-4-3-5-17(26)20(16)23(28)25-22(12)21/h3-10,13,26-27H,11,24H2,1-2H3,(H,25,28). The molecule has 0 aliphatic heterocycles. The minimum absolute atomic E-state index is 0.0836. The molecule has 0 amide bonds. The lowest BCUT2D eigenvalue weighted by Crippen LogP contribution is -2.09. The van der Waals surface area contributed by atoms with Crippen LogP contribution in [0.5, 0.6) is 11.5 Å². The Bertz CT molecular complexity index is 1260. The molecule has 0 fully saturated rings. The molecular weight excluding hydrogens is 352 g/mol. The molecule has 5 N–H and O–H groups in total. The van der Waals surface area contributed by atoms with Gasteiger partial charge in [-0.05, 0) is 48.2 Å². The third kappa shape index (κ3) is 2.72. The summed E-state index contributed by atoms with van der Waals surface area (Å²) in [5.74, 6) is 0.285. The third-order valence-electron chi connectivity index (χ3n) is 5.40. The summed E-state index contributed by atoms with van der Waals surface area (Å²) in [5.41, 5.74) is 9.39. The zero-order chi connectivity index (χ0) is 20.0. The number of H-pyrrole nitrogens is 1. The van der Waals surface area contributed by atoms with Crippen molar-refractivity contribution in [3.05, 3.63) is 70.0 Å². The third-order valence-corrected chi connectivity index (χ3v) is 5.40. The second-order valence-electron chi connectivity index (χ2n) is 7.25. The largest absolute Gasteiger partial charge is 0.507 e. The number of nitrogens with two attached hydrogens (primary N) is 1. The van der Waals surface area contributed by atoms with Gasteiger partial charge in [0, 0.05) is 16.3 Å². The molecule has 0 radical (unpaired) electrons. The number of phenols is 2. The quantitative estimate of drug-likeness (QED) is 0.405. The molecule has 5 nitrogen and oxygen atoms in total. The van der Waals surface area contributed by atoms with E-state index in [4.69, 9.17) is 5.73 Å². The van der Waals surface area contributed by atoms with Gasteiger partial charge in [-0.2, -0.15) is 0 Å². The van der Waals surface area contributed by atoms with E-state index in [9.17, 15) is 15.0 Å². The number of hydrogen-bond acceptors (Lipinski definition) is 4. The van der Waals surface area contributed by atoms with Crippen LogP contribution in [0.1, 0.15) is 24.0 Å². The zero-order valence-electron chi connectivity index (χ0n) is 15.8. The van der Waals surface area contributed by atoms with Crippen LogP contribution in [0.2, 0.25) is 0 Å². The second kappa shape index (κ2) is 6.69. The van der Waals surface area contributed by atoms with Crippen molar-refractivity contribution in [1.29, 1.82) is 0 Å². The first kappa shape index (κ1) is 18.1. The molecule has 0 aliphatic carbocycles. The lowest BCUT2D eigenvalue weighted by Gasteiger charge is -2.16. The lowest BCUT2D eigenvalue weighted by atomic mass is 9.92. The van der Waals surface area contributed by atoms with E-state index < -0.39 is 0 Å². The number of hydrogen-bond donors (Lipinski definition) is 4. The van der Waals surface area contributed by atoms with Gasteiger partial charge in [-0.15, -0.1) is 0 Å². The Morgan fingerprint density at radius 3 is 2.43 bits per heavy atom. The van der Waals surface area contributed by atoms with E-state index in [0.717, 1.165) is 16.7 Å². The van der Waals surface area contributed by atoms with Crippen molar-refractivity contribution >= 4 is 21.7 Å². The Balaban J connectivity index is 2.12. The second-order valence-corrected chi connectivity index (χ2v) is 7.25. The van der Waals surface area contributed by atoms with Crippen LogP contribution < -0.4 is 11.3 Å². The first-order valence-electron chi connectivity index (χ1n) is 9.23. The maximum atomic E-state index is 12.6. The van der Waals surface area contributed by atoms with E-state index in [1.165, 1.54) is 6.07 Å². The van der Waals surface area contributed by atoms with Crippen molar-refractivity contribution < 1.29 is 10.2 Å². The van der Waals surface area contributed by atoms with Crippen LogP contribution >= 0.6 is 0 Å². The van der Waals surface area contributed by atoms with E-state index in [2.05, 4.69) is 11.9 Å². The Hall–Kier alpha value is -3.31. The van der Waals surface area contributed by atoms with E-state index in [1.54, 1.807) is 18.2 Å². The molecule has 3 aromatic carbocycles. The van der Waals surface area contributed by atoms with E-state index >= 15 is 0 Å². The van der Waals surface area contributed by atoms with E-state index in [0.29, 0.717) is 28.4 Å². The number of phenolic OH excluding ortho intramolecular Hbond substituents is 2. The molecule has 1 aromatic heterocycles. The average Bonchev–Trinajstić information content (AvgIpc) is 2.68. The molecule has 0 saturated heterocycles. The van der Waals surface area contributed by atoms with Crippen molar-refractivity contribution in [2.24, 2.45) is 5.73 Å². The molecule has 1 heterocycles. The van der Waals surface area contributed by atoms with Gasteiger partial charge in [-0.1, -0.05) is 43.3 Å². The highest BCUT2D eigenvalue weighted by molar-refractivity contribution is 6.15. The van der Waals surface area contributed by atoms with Gasteiger partial charge in [-0.3, -0.25) is 4.79 Å². The van der Waals surface area contributed by atoms with Crippen LogP contribution in [0.15, 0.2) is 53.3 Å². The summed E-state index contributed by atoms with van der Waals surface area (Å²) < 4.78 is 0. The molecule has 28 heavy (non-hydrogen) atoms. The number of aryl methyl sites for hydroxylation is 1. The summed E-state index contributed by atoms with van der Waals surface area (Å²) in [4.78, 5) is 15.4. The predicted octanol–water partition coefficient (Wildman–Crippen LogP) is 4.13. The van der Waals surface area contributed by atoms with Gasteiger partial charge in [0.05, 0.1) is 10.9 Å². The smallest absolute Gasteiger partial charge is 0.260 e. The highest BCUT2D eigenvalue weighted by Gasteiger charge is 2.18. The zero-order valence-corrected chi connectivity index (χ0v) is 15.8. The van der Waals surface area contributed by atoms with Crippen LogP contribution in [0.3, 0.4) is 0 Å². The van der Waals surface area contributed by atoms with Crippen molar-refractivity contribution in [2.75, 3.05) is 6.54 Å². The maximum Gasteiger partial charge on any atom is 0.260 e. The molecule has 0 aliphatic rings. The fraction of sp³-hybridized carbons (Fsp3) is 0.174. The molecule has 1 unspecified atom stereocenters. The van der Waals surface area contributed by atoms with Gasteiger partial charge < -0.3 is 20.9 Å². The molecule has 4 aromatic rings. The number of aromatic hydroxyl groups is 2. The van der Waals surface area contributed by atoms with Gasteiger partial charge in [0.15, 0.2) is 0 Å². The molecule has 1 atom stereocenters. The molecule has 0 spiro atoms. The Kier molecular flexibility index (Phi) is 4.32.